The van der Waals surface area contributed by atoms with E-state index in [4.69, 9.17) is 0 Å². The normalized spacial score (nSPS) is 11.2. The summed E-state index contributed by atoms with van der Waals surface area (Å²) in [5.41, 5.74) is 0.539. The molecular weight excluding hydrogens is 429 g/mol. The molecule has 0 saturated carbocycles. The molecule has 18 heavy (non-hydrogen) atoms. The molecule has 2 rings (SSSR count). The van der Waals surface area contributed by atoms with E-state index in [1.807, 2.05) is 0 Å². The number of halogens is 2. The zero-order chi connectivity index (χ0) is 13.2. The topological polar surface area (TPSA) is 46.2 Å². The van der Waals surface area contributed by atoms with Crippen LogP contribution in [0.15, 0.2) is 57.9 Å². The quantitative estimate of drug-likeness (QED) is 0.741. The number of anilines is 1. The van der Waals surface area contributed by atoms with Crippen molar-refractivity contribution in [2.24, 2.45) is 0 Å². The summed E-state index contributed by atoms with van der Waals surface area (Å²) >= 11 is 5.43. The number of sulfonamides is 1. The molecule has 0 aliphatic carbocycles. The van der Waals surface area contributed by atoms with Crippen LogP contribution in [-0.2, 0) is 10.0 Å². The maximum atomic E-state index is 12.1. The summed E-state index contributed by atoms with van der Waals surface area (Å²) in [6, 6.07) is 13.7. The van der Waals surface area contributed by atoms with Gasteiger partial charge in [-0.2, -0.15) is 0 Å². The molecule has 0 aromatic heterocycles. The molecule has 0 unspecified atom stereocenters. The van der Waals surface area contributed by atoms with Crippen LogP contribution in [0.3, 0.4) is 0 Å². The molecule has 2 aromatic carbocycles. The van der Waals surface area contributed by atoms with Gasteiger partial charge in [-0.3, -0.25) is 4.72 Å². The van der Waals surface area contributed by atoms with Crippen LogP contribution in [0.2, 0.25) is 0 Å². The van der Waals surface area contributed by atoms with Crippen LogP contribution in [0.5, 0.6) is 0 Å². The van der Waals surface area contributed by atoms with Crippen molar-refractivity contribution in [3.8, 4) is 0 Å². The van der Waals surface area contributed by atoms with Gasteiger partial charge in [-0.1, -0.05) is 15.9 Å². The molecule has 0 amide bonds. The summed E-state index contributed by atoms with van der Waals surface area (Å²) in [5, 5.41) is 0. The second-order valence-corrected chi connectivity index (χ2v) is 7.41. The van der Waals surface area contributed by atoms with Crippen molar-refractivity contribution in [3.63, 3.8) is 0 Å². The van der Waals surface area contributed by atoms with Crippen molar-refractivity contribution < 1.29 is 8.42 Å². The summed E-state index contributed by atoms with van der Waals surface area (Å²) in [6.07, 6.45) is 0. The third kappa shape index (κ3) is 3.46. The number of hydrogen-bond donors (Lipinski definition) is 1. The first-order valence-corrected chi connectivity index (χ1v) is 8.37. The molecule has 0 fully saturated rings. The predicted molar refractivity (Wildman–Crippen MR) is 84.1 cm³/mol. The van der Waals surface area contributed by atoms with E-state index in [0.29, 0.717) is 5.69 Å². The van der Waals surface area contributed by atoms with E-state index in [1.54, 1.807) is 48.5 Å². The van der Waals surface area contributed by atoms with Gasteiger partial charge < -0.3 is 0 Å². The first kappa shape index (κ1) is 13.8. The van der Waals surface area contributed by atoms with Gasteiger partial charge in [0, 0.05) is 13.7 Å². The Hall–Kier alpha value is -0.600. The molecule has 3 nitrogen and oxygen atoms in total. The maximum absolute atomic E-state index is 12.1. The molecule has 0 atom stereocenters. The second kappa shape index (κ2) is 5.58. The van der Waals surface area contributed by atoms with Gasteiger partial charge in [-0.25, -0.2) is 8.42 Å². The minimum absolute atomic E-state index is 0.255. The molecule has 0 heterocycles. The predicted octanol–water partition coefficient (Wildman–Crippen LogP) is 3.85. The number of rotatable bonds is 3. The van der Waals surface area contributed by atoms with Gasteiger partial charge in [0.15, 0.2) is 0 Å². The van der Waals surface area contributed by atoms with Crippen molar-refractivity contribution in [1.82, 2.24) is 0 Å². The fraction of sp³-hybridized carbons (Fsp3) is 0. The molecule has 0 aliphatic rings. The van der Waals surface area contributed by atoms with Crippen molar-refractivity contribution >= 4 is 54.2 Å². The Labute approximate surface area is 128 Å². The van der Waals surface area contributed by atoms with Gasteiger partial charge in [0.2, 0.25) is 0 Å². The Morgan fingerprint density at radius 3 is 2.06 bits per heavy atom. The van der Waals surface area contributed by atoms with Gasteiger partial charge >= 0.3 is 0 Å². The summed E-state index contributed by atoms with van der Waals surface area (Å²) in [5.74, 6) is 0. The Morgan fingerprint density at radius 2 is 1.50 bits per heavy atom. The van der Waals surface area contributed by atoms with Crippen molar-refractivity contribution in [2.75, 3.05) is 4.72 Å². The Kier molecular flexibility index (Phi) is 4.29. The second-order valence-electron chi connectivity index (χ2n) is 3.57. The Morgan fingerprint density at radius 1 is 0.944 bits per heavy atom. The summed E-state index contributed by atoms with van der Waals surface area (Å²) in [6.45, 7) is 0. The van der Waals surface area contributed by atoms with Gasteiger partial charge in [-0.15, -0.1) is 0 Å². The number of nitrogens with one attached hydrogen (secondary N) is 1. The summed E-state index contributed by atoms with van der Waals surface area (Å²) < 4.78 is 28.6. The van der Waals surface area contributed by atoms with E-state index in [2.05, 4.69) is 43.2 Å². The maximum Gasteiger partial charge on any atom is 0.261 e. The molecule has 0 aliphatic heterocycles. The zero-order valence-electron chi connectivity index (χ0n) is 9.10. The van der Waals surface area contributed by atoms with Gasteiger partial charge in [0.05, 0.1) is 4.90 Å². The van der Waals surface area contributed by atoms with E-state index < -0.39 is 10.0 Å². The third-order valence-electron chi connectivity index (χ3n) is 2.22. The van der Waals surface area contributed by atoms with E-state index >= 15 is 0 Å². The minimum Gasteiger partial charge on any atom is -0.280 e. The summed E-state index contributed by atoms with van der Waals surface area (Å²) in [7, 11) is -3.51. The standard InChI is InChI=1S/C12H9BrINO2S/c13-9-1-5-11(6-2-9)15-18(16,17)12-7-3-10(14)4-8-12/h1-8,15H. The largest absolute Gasteiger partial charge is 0.280 e. The minimum atomic E-state index is -3.51. The smallest absolute Gasteiger partial charge is 0.261 e. The lowest BCUT2D eigenvalue weighted by molar-refractivity contribution is 0.601. The van der Waals surface area contributed by atoms with Crippen LogP contribution in [0.4, 0.5) is 5.69 Å². The zero-order valence-corrected chi connectivity index (χ0v) is 13.7. The van der Waals surface area contributed by atoms with Crippen LogP contribution >= 0.6 is 38.5 Å². The van der Waals surface area contributed by atoms with E-state index in [0.717, 1.165) is 8.04 Å². The molecule has 0 saturated heterocycles. The Bertz CT molecular complexity index is 639. The van der Waals surface area contributed by atoms with Crippen LogP contribution < -0.4 is 4.72 Å². The van der Waals surface area contributed by atoms with Crippen LogP contribution in [0.25, 0.3) is 0 Å². The molecule has 6 heteroatoms. The first-order valence-electron chi connectivity index (χ1n) is 5.01. The van der Waals surface area contributed by atoms with Gasteiger partial charge in [0.25, 0.3) is 10.0 Å². The third-order valence-corrected chi connectivity index (χ3v) is 4.87. The van der Waals surface area contributed by atoms with Crippen LogP contribution in [0, 0.1) is 3.57 Å². The highest BCUT2D eigenvalue weighted by Crippen LogP contribution is 2.19. The molecular formula is C12H9BrINO2S. The lowest BCUT2D eigenvalue weighted by atomic mass is 10.3. The molecule has 0 bridgehead atoms. The highest BCUT2D eigenvalue weighted by molar-refractivity contribution is 14.1. The van der Waals surface area contributed by atoms with E-state index in [9.17, 15) is 8.42 Å². The highest BCUT2D eigenvalue weighted by atomic mass is 127. The lowest BCUT2D eigenvalue weighted by Gasteiger charge is -2.08. The Balaban J connectivity index is 2.27. The van der Waals surface area contributed by atoms with E-state index in [1.165, 1.54) is 0 Å². The van der Waals surface area contributed by atoms with E-state index in [-0.39, 0.29) is 4.90 Å². The fourth-order valence-corrected chi connectivity index (χ4v) is 3.03. The molecule has 94 valence electrons. The molecule has 2 aromatic rings. The molecule has 1 N–H and O–H groups in total. The van der Waals surface area contributed by atoms with Crippen molar-refractivity contribution in [1.29, 1.82) is 0 Å². The monoisotopic (exact) mass is 437 g/mol. The highest BCUT2D eigenvalue weighted by Gasteiger charge is 2.13. The van der Waals surface area contributed by atoms with Crippen molar-refractivity contribution in [2.45, 2.75) is 4.90 Å². The first-order chi connectivity index (χ1) is 8.47. The molecule has 0 spiro atoms. The molecule has 0 radical (unpaired) electrons. The van der Waals surface area contributed by atoms with Gasteiger partial charge in [-0.05, 0) is 71.1 Å². The van der Waals surface area contributed by atoms with Gasteiger partial charge in [0.1, 0.15) is 0 Å². The SMILES string of the molecule is O=S(=O)(Nc1ccc(Br)cc1)c1ccc(I)cc1. The lowest BCUT2D eigenvalue weighted by Crippen LogP contribution is -2.12. The summed E-state index contributed by atoms with van der Waals surface area (Å²) in [4.78, 5) is 0.255. The number of hydrogen-bond acceptors (Lipinski definition) is 2. The van der Waals surface area contributed by atoms with Crippen molar-refractivity contribution in [3.05, 3.63) is 56.6 Å². The fourth-order valence-electron chi connectivity index (χ4n) is 1.35. The van der Waals surface area contributed by atoms with Crippen LogP contribution in [-0.4, -0.2) is 8.42 Å². The number of benzene rings is 2. The average Bonchev–Trinajstić information content (AvgIpc) is 2.32. The van der Waals surface area contributed by atoms with Crippen LogP contribution in [0.1, 0.15) is 0 Å². The average molecular weight is 438 g/mol.